The summed E-state index contributed by atoms with van der Waals surface area (Å²) in [4.78, 5) is 2.02. The van der Waals surface area contributed by atoms with E-state index in [2.05, 4.69) is 10.1 Å². The summed E-state index contributed by atoms with van der Waals surface area (Å²) in [7, 11) is 0. The van der Waals surface area contributed by atoms with Gasteiger partial charge in [0.15, 0.2) is 0 Å². The number of halogens is 5. The van der Waals surface area contributed by atoms with Crippen LogP contribution < -0.4 is 10.1 Å². The first-order valence-corrected chi connectivity index (χ1v) is 7.51. The van der Waals surface area contributed by atoms with Gasteiger partial charge in [0.1, 0.15) is 11.6 Å². The van der Waals surface area contributed by atoms with Gasteiger partial charge in [0, 0.05) is 44.4 Å². The molecule has 4 nitrogen and oxygen atoms in total. The average Bonchev–Trinajstić information content (AvgIpc) is 2.50. The van der Waals surface area contributed by atoms with Crippen LogP contribution >= 0.6 is 12.4 Å². The van der Waals surface area contributed by atoms with Crippen LogP contribution in [0.25, 0.3) is 0 Å². The van der Waals surface area contributed by atoms with Crippen molar-refractivity contribution in [2.75, 3.05) is 32.8 Å². The van der Waals surface area contributed by atoms with E-state index in [1.165, 1.54) is 0 Å². The number of alkyl halides is 3. The molecule has 0 aromatic heterocycles. The number of nitrogens with zero attached hydrogens (tertiary/aromatic N) is 1. The monoisotopic (exact) mass is 372 g/mol. The number of nitrogens with one attached hydrogen (secondary N) is 1. The largest absolute Gasteiger partial charge is 0.573 e. The second kappa shape index (κ2) is 9.41. The minimum atomic E-state index is -4.81. The van der Waals surface area contributed by atoms with Crippen molar-refractivity contribution in [3.8, 4) is 5.75 Å². The van der Waals surface area contributed by atoms with Crippen LogP contribution in [-0.4, -0.2) is 49.2 Å². The zero-order valence-electron chi connectivity index (χ0n) is 13.0. The molecular weight excluding hydrogens is 352 g/mol. The van der Waals surface area contributed by atoms with Gasteiger partial charge in [0.25, 0.3) is 0 Å². The summed E-state index contributed by atoms with van der Waals surface area (Å²) in [6, 6.07) is 2.67. The van der Waals surface area contributed by atoms with E-state index in [9.17, 15) is 17.6 Å². The summed E-state index contributed by atoms with van der Waals surface area (Å²) in [6.45, 7) is 2.74. The summed E-state index contributed by atoms with van der Waals surface area (Å²) < 4.78 is 55.2. The van der Waals surface area contributed by atoms with Crippen LogP contribution in [0.5, 0.6) is 5.75 Å². The van der Waals surface area contributed by atoms with Gasteiger partial charge in [0.05, 0.1) is 0 Å². The molecule has 2 N–H and O–H groups in total. The van der Waals surface area contributed by atoms with Gasteiger partial charge >= 0.3 is 6.36 Å². The Morgan fingerprint density at radius 1 is 1.25 bits per heavy atom. The first kappa shape index (κ1) is 21.0. The van der Waals surface area contributed by atoms with Gasteiger partial charge in [-0.2, -0.15) is 0 Å². The Hall–Kier alpha value is -1.09. The molecule has 1 saturated heterocycles. The highest BCUT2D eigenvalue weighted by molar-refractivity contribution is 5.85. The predicted molar refractivity (Wildman–Crippen MR) is 83.8 cm³/mol. The second-order valence-corrected chi connectivity index (χ2v) is 5.40. The van der Waals surface area contributed by atoms with Crippen LogP contribution in [-0.2, 0) is 0 Å². The number of aliphatic hydroxyl groups excluding tert-OH is 1. The SMILES string of the molecule is Cl.OCCC[C@@H](c1cc(OC(F)(F)F)ccc1F)N1CCNCC1. The molecule has 1 atom stereocenters. The molecule has 0 saturated carbocycles. The van der Waals surface area contributed by atoms with Gasteiger partial charge in [-0.25, -0.2) is 4.39 Å². The fourth-order valence-corrected chi connectivity index (χ4v) is 2.79. The van der Waals surface area contributed by atoms with Crippen molar-refractivity contribution < 1.29 is 27.4 Å². The van der Waals surface area contributed by atoms with E-state index in [1.54, 1.807) is 0 Å². The molecule has 1 aromatic carbocycles. The molecule has 1 aromatic rings. The molecule has 0 amide bonds. The van der Waals surface area contributed by atoms with Crippen molar-refractivity contribution in [3.63, 3.8) is 0 Å². The molecule has 0 unspecified atom stereocenters. The van der Waals surface area contributed by atoms with Crippen LogP contribution in [0.1, 0.15) is 24.4 Å². The molecule has 2 rings (SSSR count). The molecular formula is C15H21ClF4N2O2. The van der Waals surface area contributed by atoms with E-state index in [0.717, 1.165) is 31.3 Å². The number of hydrogen-bond donors (Lipinski definition) is 2. The maximum atomic E-state index is 14.2. The number of aliphatic hydroxyl groups is 1. The molecule has 9 heteroatoms. The minimum absolute atomic E-state index is 0. The van der Waals surface area contributed by atoms with Crippen LogP contribution in [0.15, 0.2) is 18.2 Å². The van der Waals surface area contributed by atoms with Gasteiger partial charge in [-0.3, -0.25) is 4.90 Å². The summed E-state index contributed by atoms with van der Waals surface area (Å²) in [5, 5.41) is 12.2. The molecule has 0 bridgehead atoms. The lowest BCUT2D eigenvalue weighted by Gasteiger charge is -2.35. The van der Waals surface area contributed by atoms with E-state index in [-0.39, 0.29) is 30.6 Å². The zero-order valence-corrected chi connectivity index (χ0v) is 13.8. The second-order valence-electron chi connectivity index (χ2n) is 5.40. The maximum absolute atomic E-state index is 14.2. The van der Waals surface area contributed by atoms with Gasteiger partial charge < -0.3 is 15.2 Å². The van der Waals surface area contributed by atoms with Crippen molar-refractivity contribution in [1.29, 1.82) is 0 Å². The smallest absolute Gasteiger partial charge is 0.406 e. The normalized spacial score (nSPS) is 17.2. The standard InChI is InChI=1S/C15H20F4N2O2.ClH/c16-13-4-3-11(23-15(17,18)19)10-12(13)14(2-1-9-22)21-7-5-20-6-8-21;/h3-4,10,14,20,22H,1-2,5-9H2;1H/t14-;/m0./s1. The molecule has 24 heavy (non-hydrogen) atoms. The number of ether oxygens (including phenoxy) is 1. The van der Waals surface area contributed by atoms with Crippen molar-refractivity contribution in [3.05, 3.63) is 29.6 Å². The van der Waals surface area contributed by atoms with Crippen LogP contribution in [0.3, 0.4) is 0 Å². The van der Waals surface area contributed by atoms with Crippen LogP contribution in [0, 0.1) is 5.82 Å². The highest BCUT2D eigenvalue weighted by atomic mass is 35.5. The first-order valence-electron chi connectivity index (χ1n) is 7.51. The number of benzene rings is 1. The topological polar surface area (TPSA) is 44.7 Å². The highest BCUT2D eigenvalue weighted by Gasteiger charge is 2.32. The van der Waals surface area contributed by atoms with E-state index in [4.69, 9.17) is 5.11 Å². The summed E-state index contributed by atoms with van der Waals surface area (Å²) in [5.74, 6) is -1.00. The summed E-state index contributed by atoms with van der Waals surface area (Å²) in [6.07, 6.45) is -3.91. The van der Waals surface area contributed by atoms with E-state index in [0.29, 0.717) is 25.9 Å². The van der Waals surface area contributed by atoms with Gasteiger partial charge in [0.2, 0.25) is 0 Å². The fourth-order valence-electron chi connectivity index (χ4n) is 2.79. The number of hydrogen-bond acceptors (Lipinski definition) is 4. The third kappa shape index (κ3) is 6.08. The Bertz CT molecular complexity index is 511. The lowest BCUT2D eigenvalue weighted by molar-refractivity contribution is -0.274. The molecule has 138 valence electrons. The Kier molecular flexibility index (Phi) is 8.21. The molecule has 0 aliphatic carbocycles. The molecule has 0 radical (unpaired) electrons. The Morgan fingerprint density at radius 3 is 2.50 bits per heavy atom. The maximum Gasteiger partial charge on any atom is 0.573 e. The van der Waals surface area contributed by atoms with E-state index >= 15 is 0 Å². The Balaban J connectivity index is 0.00000288. The molecule has 1 aliphatic rings. The third-order valence-electron chi connectivity index (χ3n) is 3.79. The zero-order chi connectivity index (χ0) is 16.9. The quantitative estimate of drug-likeness (QED) is 0.754. The Labute approximate surface area is 144 Å². The summed E-state index contributed by atoms with van der Waals surface area (Å²) in [5.41, 5.74) is 0.169. The minimum Gasteiger partial charge on any atom is -0.406 e. The van der Waals surface area contributed by atoms with Gasteiger partial charge in [-0.1, -0.05) is 0 Å². The molecule has 1 fully saturated rings. The van der Waals surface area contributed by atoms with Crippen molar-refractivity contribution in [1.82, 2.24) is 10.2 Å². The van der Waals surface area contributed by atoms with Crippen molar-refractivity contribution >= 4 is 12.4 Å². The van der Waals surface area contributed by atoms with Gasteiger partial charge in [-0.05, 0) is 31.0 Å². The lowest BCUT2D eigenvalue weighted by atomic mass is 9.98. The van der Waals surface area contributed by atoms with Crippen molar-refractivity contribution in [2.45, 2.75) is 25.2 Å². The number of rotatable bonds is 6. The van der Waals surface area contributed by atoms with Crippen LogP contribution in [0.4, 0.5) is 17.6 Å². The van der Waals surface area contributed by atoms with Gasteiger partial charge in [-0.15, -0.1) is 25.6 Å². The highest BCUT2D eigenvalue weighted by Crippen LogP contribution is 2.32. The van der Waals surface area contributed by atoms with Crippen LogP contribution in [0.2, 0.25) is 0 Å². The van der Waals surface area contributed by atoms with E-state index in [1.807, 2.05) is 4.90 Å². The fraction of sp³-hybridized carbons (Fsp3) is 0.600. The third-order valence-corrected chi connectivity index (χ3v) is 3.79. The molecule has 0 spiro atoms. The predicted octanol–water partition coefficient (Wildman–Crippen LogP) is 2.86. The first-order chi connectivity index (χ1) is 10.9. The molecule has 1 aliphatic heterocycles. The lowest BCUT2D eigenvalue weighted by Crippen LogP contribution is -2.45. The van der Waals surface area contributed by atoms with Crippen molar-refractivity contribution in [2.24, 2.45) is 0 Å². The number of piperazine rings is 1. The molecule has 1 heterocycles. The average molecular weight is 373 g/mol. The van der Waals surface area contributed by atoms with E-state index < -0.39 is 17.9 Å². The summed E-state index contributed by atoms with van der Waals surface area (Å²) >= 11 is 0. The Morgan fingerprint density at radius 2 is 1.92 bits per heavy atom.